The summed E-state index contributed by atoms with van der Waals surface area (Å²) in [6.45, 7) is 2.42. The monoisotopic (exact) mass is 371 g/mol. The molecule has 0 unspecified atom stereocenters. The van der Waals surface area contributed by atoms with E-state index in [1.165, 1.54) is 6.26 Å². The summed E-state index contributed by atoms with van der Waals surface area (Å²) in [6.07, 6.45) is 2.59. The Hall–Kier alpha value is -2.80. The lowest BCUT2D eigenvalue weighted by atomic mass is 10.1. The first-order valence-corrected chi connectivity index (χ1v) is 9.08. The molecule has 1 saturated heterocycles. The third-order valence-electron chi connectivity index (χ3n) is 4.81. The number of benzene rings is 1. The second kappa shape index (κ2) is 8.73. The number of rotatable bonds is 6. The van der Waals surface area contributed by atoms with Gasteiger partial charge in [-0.1, -0.05) is 12.1 Å². The molecule has 27 heavy (non-hydrogen) atoms. The topological polar surface area (TPSA) is 89.0 Å². The number of carbonyl (C=O) groups excluding carboxylic acids is 2. The summed E-state index contributed by atoms with van der Waals surface area (Å²) in [7, 11) is 1.63. The summed E-state index contributed by atoms with van der Waals surface area (Å²) in [6, 6.07) is 9.42. The van der Waals surface area contributed by atoms with Gasteiger partial charge in [0.05, 0.1) is 19.2 Å². The van der Waals surface area contributed by atoms with Gasteiger partial charge in [-0.25, -0.2) is 0 Å². The van der Waals surface area contributed by atoms with Crippen LogP contribution in [0, 0.1) is 0 Å². The molecule has 0 spiro atoms. The maximum Gasteiger partial charge on any atom is 0.257 e. The first-order valence-electron chi connectivity index (χ1n) is 9.08. The van der Waals surface area contributed by atoms with E-state index in [-0.39, 0.29) is 18.4 Å². The number of hydrogen-bond donors (Lipinski definition) is 1. The SMILES string of the molecule is COc1ccc(CCC(=O)N2CCN(C(=O)c3coc(CN)c3)CC2)cc1. The number of nitrogens with zero attached hydrogens (tertiary/aromatic N) is 2. The summed E-state index contributed by atoms with van der Waals surface area (Å²) < 4.78 is 10.4. The average molecular weight is 371 g/mol. The molecule has 1 aliphatic rings. The van der Waals surface area contributed by atoms with Gasteiger partial charge in [0.25, 0.3) is 5.91 Å². The van der Waals surface area contributed by atoms with Crippen molar-refractivity contribution < 1.29 is 18.7 Å². The Kier molecular flexibility index (Phi) is 6.13. The smallest absolute Gasteiger partial charge is 0.257 e. The van der Waals surface area contributed by atoms with Crippen molar-refractivity contribution >= 4 is 11.8 Å². The van der Waals surface area contributed by atoms with E-state index in [1.54, 1.807) is 18.1 Å². The number of aryl methyl sites for hydroxylation is 1. The molecule has 2 N–H and O–H groups in total. The highest BCUT2D eigenvalue weighted by Crippen LogP contribution is 2.15. The normalized spacial score (nSPS) is 14.3. The van der Waals surface area contributed by atoms with Crippen LogP contribution in [0.2, 0.25) is 0 Å². The Morgan fingerprint density at radius 3 is 2.37 bits per heavy atom. The number of hydrogen-bond acceptors (Lipinski definition) is 5. The number of amides is 2. The first-order chi connectivity index (χ1) is 13.1. The molecule has 0 saturated carbocycles. The zero-order chi connectivity index (χ0) is 19.2. The minimum absolute atomic E-state index is 0.0798. The van der Waals surface area contributed by atoms with Crippen molar-refractivity contribution in [1.29, 1.82) is 0 Å². The van der Waals surface area contributed by atoms with Gasteiger partial charge in [0.15, 0.2) is 0 Å². The number of ether oxygens (including phenoxy) is 1. The van der Waals surface area contributed by atoms with Crippen LogP contribution >= 0.6 is 0 Å². The predicted molar refractivity (Wildman–Crippen MR) is 100 cm³/mol. The van der Waals surface area contributed by atoms with Gasteiger partial charge >= 0.3 is 0 Å². The highest BCUT2D eigenvalue weighted by Gasteiger charge is 2.25. The third kappa shape index (κ3) is 4.68. The Bertz CT molecular complexity index is 777. The summed E-state index contributed by atoms with van der Waals surface area (Å²) >= 11 is 0. The standard InChI is InChI=1S/C20H25N3O4/c1-26-17-5-2-15(3-6-17)4-7-19(24)22-8-10-23(11-9-22)20(25)16-12-18(13-21)27-14-16/h2-3,5-6,12,14H,4,7-11,13,21H2,1H3. The van der Waals surface area contributed by atoms with E-state index in [9.17, 15) is 9.59 Å². The maximum absolute atomic E-state index is 12.5. The van der Waals surface area contributed by atoms with Crippen LogP contribution in [0.5, 0.6) is 5.75 Å². The second-order valence-electron chi connectivity index (χ2n) is 6.53. The van der Waals surface area contributed by atoms with Crippen molar-refractivity contribution in [1.82, 2.24) is 9.80 Å². The number of methoxy groups -OCH3 is 1. The van der Waals surface area contributed by atoms with Gasteiger partial charge in [0.2, 0.25) is 5.91 Å². The number of nitrogens with two attached hydrogens (primary N) is 1. The van der Waals surface area contributed by atoms with Crippen LogP contribution in [-0.2, 0) is 17.8 Å². The van der Waals surface area contributed by atoms with Crippen molar-refractivity contribution in [3.63, 3.8) is 0 Å². The largest absolute Gasteiger partial charge is 0.497 e. The Morgan fingerprint density at radius 2 is 1.78 bits per heavy atom. The summed E-state index contributed by atoms with van der Waals surface area (Å²) in [4.78, 5) is 28.5. The van der Waals surface area contributed by atoms with Crippen molar-refractivity contribution in [3.8, 4) is 5.75 Å². The predicted octanol–water partition coefficient (Wildman–Crippen LogP) is 1.66. The molecule has 1 aliphatic heterocycles. The maximum atomic E-state index is 12.5. The number of furan rings is 1. The number of carbonyl (C=O) groups is 2. The highest BCUT2D eigenvalue weighted by atomic mass is 16.5. The molecule has 7 heteroatoms. The molecule has 1 aromatic heterocycles. The van der Waals surface area contributed by atoms with Gasteiger partial charge < -0.3 is 24.7 Å². The Labute approximate surface area is 158 Å². The van der Waals surface area contributed by atoms with Crippen molar-refractivity contribution in [2.45, 2.75) is 19.4 Å². The lowest BCUT2D eigenvalue weighted by Crippen LogP contribution is -2.50. The van der Waals surface area contributed by atoms with Crippen LogP contribution in [0.25, 0.3) is 0 Å². The van der Waals surface area contributed by atoms with Gasteiger partial charge in [0.1, 0.15) is 17.8 Å². The molecule has 1 aromatic carbocycles. The van der Waals surface area contributed by atoms with Crippen LogP contribution in [-0.4, -0.2) is 54.9 Å². The molecule has 2 heterocycles. The van der Waals surface area contributed by atoms with Crippen molar-refractivity contribution in [2.24, 2.45) is 5.73 Å². The third-order valence-corrected chi connectivity index (χ3v) is 4.81. The fourth-order valence-electron chi connectivity index (χ4n) is 3.14. The van der Waals surface area contributed by atoms with Crippen LogP contribution in [0.4, 0.5) is 0 Å². The Balaban J connectivity index is 1.46. The number of piperazine rings is 1. The lowest BCUT2D eigenvalue weighted by molar-refractivity contribution is -0.132. The minimum Gasteiger partial charge on any atom is -0.497 e. The van der Waals surface area contributed by atoms with E-state index < -0.39 is 0 Å². The van der Waals surface area contributed by atoms with Crippen LogP contribution in [0.15, 0.2) is 41.0 Å². The quantitative estimate of drug-likeness (QED) is 0.834. The molecule has 3 rings (SSSR count). The molecule has 7 nitrogen and oxygen atoms in total. The summed E-state index contributed by atoms with van der Waals surface area (Å²) in [5, 5.41) is 0. The molecule has 0 aliphatic carbocycles. The second-order valence-corrected chi connectivity index (χ2v) is 6.53. The Morgan fingerprint density at radius 1 is 1.11 bits per heavy atom. The summed E-state index contributed by atoms with van der Waals surface area (Å²) in [5.41, 5.74) is 7.12. The minimum atomic E-state index is -0.0798. The fraction of sp³-hybridized carbons (Fsp3) is 0.400. The fourth-order valence-corrected chi connectivity index (χ4v) is 3.14. The first kappa shape index (κ1) is 19.0. The van der Waals surface area contributed by atoms with E-state index in [2.05, 4.69) is 0 Å². The highest BCUT2D eigenvalue weighted by molar-refractivity contribution is 5.94. The van der Waals surface area contributed by atoms with E-state index in [0.29, 0.717) is 50.3 Å². The van der Waals surface area contributed by atoms with Crippen LogP contribution in [0.3, 0.4) is 0 Å². The van der Waals surface area contributed by atoms with Crippen molar-refractivity contribution in [3.05, 3.63) is 53.5 Å². The van der Waals surface area contributed by atoms with Crippen LogP contribution < -0.4 is 10.5 Å². The molecule has 0 atom stereocenters. The van der Waals surface area contributed by atoms with Gasteiger partial charge in [-0.2, -0.15) is 0 Å². The van der Waals surface area contributed by atoms with Gasteiger partial charge in [0, 0.05) is 32.6 Å². The van der Waals surface area contributed by atoms with Crippen molar-refractivity contribution in [2.75, 3.05) is 33.3 Å². The van der Waals surface area contributed by atoms with E-state index in [0.717, 1.165) is 11.3 Å². The van der Waals surface area contributed by atoms with Gasteiger partial charge in [-0.15, -0.1) is 0 Å². The van der Waals surface area contributed by atoms with E-state index in [1.807, 2.05) is 29.2 Å². The van der Waals surface area contributed by atoms with E-state index >= 15 is 0 Å². The molecule has 2 amide bonds. The average Bonchev–Trinajstić information content (AvgIpc) is 3.21. The zero-order valence-electron chi connectivity index (χ0n) is 15.5. The molecule has 2 aromatic rings. The molecule has 0 radical (unpaired) electrons. The molecular formula is C20H25N3O4. The molecule has 144 valence electrons. The van der Waals surface area contributed by atoms with E-state index in [4.69, 9.17) is 14.9 Å². The lowest BCUT2D eigenvalue weighted by Gasteiger charge is -2.34. The van der Waals surface area contributed by atoms with Crippen LogP contribution in [0.1, 0.15) is 28.1 Å². The zero-order valence-corrected chi connectivity index (χ0v) is 15.5. The molecule has 0 bridgehead atoms. The molecule has 1 fully saturated rings. The van der Waals surface area contributed by atoms with Gasteiger partial charge in [-0.05, 0) is 30.2 Å². The summed E-state index contributed by atoms with van der Waals surface area (Å²) in [5.74, 6) is 1.43. The molecular weight excluding hydrogens is 346 g/mol. The van der Waals surface area contributed by atoms with Gasteiger partial charge in [-0.3, -0.25) is 9.59 Å².